The van der Waals surface area contributed by atoms with E-state index in [4.69, 9.17) is 15.2 Å². The smallest absolute Gasteiger partial charge is 0.124 e. The summed E-state index contributed by atoms with van der Waals surface area (Å²) >= 11 is 0. The maximum atomic E-state index is 6.03. The van der Waals surface area contributed by atoms with Crippen molar-refractivity contribution in [2.75, 3.05) is 7.11 Å². The predicted octanol–water partition coefficient (Wildman–Crippen LogP) is 1.61. The average Bonchev–Trinajstić information content (AvgIpc) is 2.23. The summed E-state index contributed by atoms with van der Waals surface area (Å²) < 4.78 is 10.8. The van der Waals surface area contributed by atoms with Crippen LogP contribution in [0.25, 0.3) is 0 Å². The molecule has 1 unspecified atom stereocenters. The van der Waals surface area contributed by atoms with E-state index < -0.39 is 0 Å². The monoisotopic (exact) mass is 193 g/mol. The second-order valence-corrected chi connectivity index (χ2v) is 3.57. The fourth-order valence-electron chi connectivity index (χ4n) is 1.81. The Labute approximate surface area is 83.8 Å². The number of benzene rings is 1. The van der Waals surface area contributed by atoms with Gasteiger partial charge in [-0.05, 0) is 18.6 Å². The molecule has 0 fully saturated rings. The third kappa shape index (κ3) is 1.38. The van der Waals surface area contributed by atoms with Crippen molar-refractivity contribution in [1.82, 2.24) is 0 Å². The van der Waals surface area contributed by atoms with Crippen LogP contribution in [-0.2, 0) is 11.3 Å². The molecule has 3 nitrogen and oxygen atoms in total. The van der Waals surface area contributed by atoms with Gasteiger partial charge in [0.25, 0.3) is 0 Å². The molecular formula is C11H15NO2. The van der Waals surface area contributed by atoms with Gasteiger partial charge in [-0.1, -0.05) is 12.1 Å². The van der Waals surface area contributed by atoms with E-state index in [2.05, 4.69) is 0 Å². The second-order valence-electron chi connectivity index (χ2n) is 3.57. The molecule has 2 N–H and O–H groups in total. The van der Waals surface area contributed by atoms with E-state index in [1.165, 1.54) is 0 Å². The van der Waals surface area contributed by atoms with E-state index in [0.717, 1.165) is 16.9 Å². The molecule has 3 heteroatoms. The van der Waals surface area contributed by atoms with Crippen molar-refractivity contribution in [2.45, 2.75) is 25.7 Å². The maximum Gasteiger partial charge on any atom is 0.124 e. The summed E-state index contributed by atoms with van der Waals surface area (Å²) in [7, 11) is 1.67. The van der Waals surface area contributed by atoms with Crippen LogP contribution in [0, 0.1) is 0 Å². The van der Waals surface area contributed by atoms with Crippen LogP contribution < -0.4 is 10.5 Å². The number of nitrogens with two attached hydrogens (primary N) is 1. The zero-order valence-corrected chi connectivity index (χ0v) is 8.49. The Morgan fingerprint density at radius 3 is 3.00 bits per heavy atom. The minimum atomic E-state index is -0.0474. The zero-order chi connectivity index (χ0) is 10.1. The van der Waals surface area contributed by atoms with Crippen molar-refractivity contribution in [3.63, 3.8) is 0 Å². The van der Waals surface area contributed by atoms with E-state index in [1.54, 1.807) is 7.11 Å². The standard InChI is InChI=1S/C11H15NO2/c1-7-11(12)8-4-3-5-10(13-2)9(8)6-14-7/h3-5,7,11H,6,12H2,1-2H3/t7-,11?/m1/s1. The molecule has 0 saturated heterocycles. The van der Waals surface area contributed by atoms with Crippen LogP contribution in [0.2, 0.25) is 0 Å². The van der Waals surface area contributed by atoms with Crippen LogP contribution in [0.3, 0.4) is 0 Å². The quantitative estimate of drug-likeness (QED) is 0.737. The van der Waals surface area contributed by atoms with Crippen LogP contribution in [0.4, 0.5) is 0 Å². The van der Waals surface area contributed by atoms with Gasteiger partial charge in [0.05, 0.1) is 25.9 Å². The lowest BCUT2D eigenvalue weighted by molar-refractivity contribution is 0.0201. The topological polar surface area (TPSA) is 44.5 Å². The number of rotatable bonds is 1. The molecule has 0 radical (unpaired) electrons. The first kappa shape index (κ1) is 9.49. The molecule has 1 heterocycles. The first-order valence-corrected chi connectivity index (χ1v) is 4.77. The molecule has 0 spiro atoms. The highest BCUT2D eigenvalue weighted by Gasteiger charge is 2.25. The van der Waals surface area contributed by atoms with Gasteiger partial charge in [0, 0.05) is 5.56 Å². The molecule has 1 aliphatic heterocycles. The fourth-order valence-corrected chi connectivity index (χ4v) is 1.81. The van der Waals surface area contributed by atoms with Crippen LogP contribution in [0.15, 0.2) is 18.2 Å². The highest BCUT2D eigenvalue weighted by Crippen LogP contribution is 2.33. The fraction of sp³-hybridized carbons (Fsp3) is 0.455. The molecule has 14 heavy (non-hydrogen) atoms. The average molecular weight is 193 g/mol. The van der Waals surface area contributed by atoms with E-state index in [1.807, 2.05) is 25.1 Å². The van der Waals surface area contributed by atoms with Gasteiger partial charge in [-0.2, -0.15) is 0 Å². The molecule has 2 atom stereocenters. The van der Waals surface area contributed by atoms with Crippen LogP contribution >= 0.6 is 0 Å². The van der Waals surface area contributed by atoms with E-state index >= 15 is 0 Å². The Morgan fingerprint density at radius 2 is 2.29 bits per heavy atom. The number of methoxy groups -OCH3 is 1. The number of ether oxygens (including phenoxy) is 2. The molecule has 1 aromatic rings. The van der Waals surface area contributed by atoms with Gasteiger partial charge >= 0.3 is 0 Å². The van der Waals surface area contributed by atoms with Crippen molar-refractivity contribution >= 4 is 0 Å². The summed E-state index contributed by atoms with van der Waals surface area (Å²) in [5.41, 5.74) is 8.26. The Kier molecular flexibility index (Phi) is 2.44. The van der Waals surface area contributed by atoms with Crippen molar-refractivity contribution < 1.29 is 9.47 Å². The summed E-state index contributed by atoms with van der Waals surface area (Å²) in [4.78, 5) is 0. The molecule has 0 bridgehead atoms. The van der Waals surface area contributed by atoms with Gasteiger partial charge in [0.1, 0.15) is 5.75 Å². The second kappa shape index (κ2) is 3.59. The summed E-state index contributed by atoms with van der Waals surface area (Å²) in [5.74, 6) is 0.866. The molecule has 0 aliphatic carbocycles. The SMILES string of the molecule is COc1cccc2c1CO[C@H](C)C2N. The van der Waals surface area contributed by atoms with Crippen molar-refractivity contribution in [3.8, 4) is 5.75 Å². The van der Waals surface area contributed by atoms with Crippen molar-refractivity contribution in [2.24, 2.45) is 5.73 Å². The highest BCUT2D eigenvalue weighted by molar-refractivity contribution is 5.42. The third-order valence-electron chi connectivity index (χ3n) is 2.74. The maximum absolute atomic E-state index is 6.03. The third-order valence-corrected chi connectivity index (χ3v) is 2.74. The minimum absolute atomic E-state index is 0.0474. The minimum Gasteiger partial charge on any atom is -0.496 e. The number of hydrogen-bond acceptors (Lipinski definition) is 3. The lowest BCUT2D eigenvalue weighted by Gasteiger charge is -2.29. The Morgan fingerprint density at radius 1 is 1.50 bits per heavy atom. The largest absolute Gasteiger partial charge is 0.496 e. The molecular weight excluding hydrogens is 178 g/mol. The van der Waals surface area contributed by atoms with Gasteiger partial charge < -0.3 is 15.2 Å². The summed E-state index contributed by atoms with van der Waals surface area (Å²) in [5, 5.41) is 0. The molecule has 2 rings (SSSR count). The normalized spacial score (nSPS) is 25.6. The zero-order valence-electron chi connectivity index (χ0n) is 8.49. The summed E-state index contributed by atoms with van der Waals surface area (Å²) in [6.45, 7) is 2.58. The Hall–Kier alpha value is -1.06. The number of fused-ring (bicyclic) bond motifs is 1. The van der Waals surface area contributed by atoms with E-state index in [0.29, 0.717) is 6.61 Å². The van der Waals surface area contributed by atoms with Crippen LogP contribution in [0.5, 0.6) is 5.75 Å². The summed E-state index contributed by atoms with van der Waals surface area (Å²) in [6, 6.07) is 5.90. The molecule has 0 amide bonds. The lowest BCUT2D eigenvalue weighted by Crippen LogP contribution is -2.31. The van der Waals surface area contributed by atoms with Gasteiger partial charge in [-0.25, -0.2) is 0 Å². The molecule has 0 saturated carbocycles. The Bertz CT molecular complexity index is 338. The van der Waals surface area contributed by atoms with Gasteiger partial charge in [-0.3, -0.25) is 0 Å². The van der Waals surface area contributed by atoms with E-state index in [-0.39, 0.29) is 12.1 Å². The molecule has 0 aromatic heterocycles. The van der Waals surface area contributed by atoms with Crippen molar-refractivity contribution in [1.29, 1.82) is 0 Å². The molecule has 1 aliphatic rings. The van der Waals surface area contributed by atoms with Gasteiger partial charge in [-0.15, -0.1) is 0 Å². The molecule has 76 valence electrons. The highest BCUT2D eigenvalue weighted by atomic mass is 16.5. The summed E-state index contributed by atoms with van der Waals surface area (Å²) in [6.07, 6.45) is 0.0783. The van der Waals surface area contributed by atoms with Crippen LogP contribution in [0.1, 0.15) is 24.1 Å². The van der Waals surface area contributed by atoms with Gasteiger partial charge in [0.2, 0.25) is 0 Å². The molecule has 1 aromatic carbocycles. The first-order valence-electron chi connectivity index (χ1n) is 4.77. The van der Waals surface area contributed by atoms with Crippen molar-refractivity contribution in [3.05, 3.63) is 29.3 Å². The van der Waals surface area contributed by atoms with E-state index in [9.17, 15) is 0 Å². The first-order chi connectivity index (χ1) is 6.74. The Balaban J connectivity index is 2.47. The van der Waals surface area contributed by atoms with Gasteiger partial charge in [0.15, 0.2) is 0 Å². The number of hydrogen-bond donors (Lipinski definition) is 1. The predicted molar refractivity (Wildman–Crippen MR) is 54.2 cm³/mol. The lowest BCUT2D eigenvalue weighted by atomic mass is 9.95. The van der Waals surface area contributed by atoms with Crippen LogP contribution in [-0.4, -0.2) is 13.2 Å².